The Balaban J connectivity index is 2.47. The summed E-state index contributed by atoms with van der Waals surface area (Å²) >= 11 is 0. The Hall–Kier alpha value is -1.97. The first-order valence-electron chi connectivity index (χ1n) is 3.65. The lowest BCUT2D eigenvalue weighted by Crippen LogP contribution is -2.07. The SMILES string of the molecule is O=C(O)C1=NC2=CC=CC(=O)C2=C1. The van der Waals surface area contributed by atoms with Crippen LogP contribution in [0.1, 0.15) is 0 Å². The molecule has 0 radical (unpaired) electrons. The van der Waals surface area contributed by atoms with Crippen molar-refractivity contribution in [3.8, 4) is 0 Å². The van der Waals surface area contributed by atoms with E-state index in [4.69, 9.17) is 5.11 Å². The van der Waals surface area contributed by atoms with Crippen LogP contribution >= 0.6 is 0 Å². The van der Waals surface area contributed by atoms with Crippen LogP contribution in [0.4, 0.5) is 0 Å². The van der Waals surface area contributed by atoms with Crippen molar-refractivity contribution in [2.24, 2.45) is 4.99 Å². The highest BCUT2D eigenvalue weighted by molar-refractivity contribution is 6.43. The molecule has 4 heteroatoms. The van der Waals surface area contributed by atoms with Gasteiger partial charge in [0.2, 0.25) is 0 Å². The largest absolute Gasteiger partial charge is 0.477 e. The number of rotatable bonds is 1. The van der Waals surface area contributed by atoms with Gasteiger partial charge in [-0.05, 0) is 18.2 Å². The third-order valence-corrected chi connectivity index (χ3v) is 1.78. The van der Waals surface area contributed by atoms with E-state index >= 15 is 0 Å². The van der Waals surface area contributed by atoms with Crippen molar-refractivity contribution in [1.29, 1.82) is 0 Å². The molecule has 0 aromatic rings. The molecule has 0 saturated carbocycles. The average Bonchev–Trinajstić information content (AvgIpc) is 2.49. The molecule has 1 N–H and O–H groups in total. The van der Waals surface area contributed by atoms with Gasteiger partial charge in [0.25, 0.3) is 0 Å². The van der Waals surface area contributed by atoms with E-state index in [0.717, 1.165) is 0 Å². The summed E-state index contributed by atoms with van der Waals surface area (Å²) in [6, 6.07) is 0. The van der Waals surface area contributed by atoms with Crippen LogP contribution in [0.3, 0.4) is 0 Å². The Morgan fingerprint density at radius 3 is 2.85 bits per heavy atom. The third kappa shape index (κ3) is 1.12. The van der Waals surface area contributed by atoms with E-state index in [-0.39, 0.29) is 11.5 Å². The maximum atomic E-state index is 11.2. The van der Waals surface area contributed by atoms with Gasteiger partial charge in [-0.25, -0.2) is 9.79 Å². The first kappa shape index (κ1) is 7.67. The van der Waals surface area contributed by atoms with E-state index in [1.807, 2.05) is 0 Å². The van der Waals surface area contributed by atoms with Gasteiger partial charge in [0.05, 0.1) is 5.70 Å². The molecule has 0 saturated heterocycles. The number of aliphatic imine (C=N–C) groups is 1. The van der Waals surface area contributed by atoms with E-state index in [9.17, 15) is 9.59 Å². The van der Waals surface area contributed by atoms with Crippen LogP contribution in [0.15, 0.2) is 40.6 Å². The number of nitrogens with zero attached hydrogens (tertiary/aromatic N) is 1. The summed E-state index contributed by atoms with van der Waals surface area (Å²) in [5.41, 5.74) is 0.711. The van der Waals surface area contributed by atoms with Gasteiger partial charge in [0.15, 0.2) is 5.78 Å². The normalized spacial score (nSPS) is 19.1. The first-order chi connectivity index (χ1) is 6.18. The Morgan fingerprint density at radius 2 is 2.23 bits per heavy atom. The van der Waals surface area contributed by atoms with Crippen LogP contribution in [0.25, 0.3) is 0 Å². The van der Waals surface area contributed by atoms with Gasteiger partial charge in [-0.2, -0.15) is 0 Å². The van der Waals surface area contributed by atoms with Crippen molar-refractivity contribution in [3.05, 3.63) is 35.6 Å². The van der Waals surface area contributed by atoms with E-state index in [0.29, 0.717) is 11.3 Å². The molecule has 4 nitrogen and oxygen atoms in total. The summed E-state index contributed by atoms with van der Waals surface area (Å²) in [6.45, 7) is 0. The minimum atomic E-state index is -1.12. The summed E-state index contributed by atoms with van der Waals surface area (Å²) in [5, 5.41) is 8.61. The lowest BCUT2D eigenvalue weighted by atomic mass is 10.0. The molecule has 64 valence electrons. The topological polar surface area (TPSA) is 66.7 Å². The molecule has 1 aliphatic carbocycles. The molecule has 0 fully saturated rings. The number of allylic oxidation sites excluding steroid dienone is 4. The van der Waals surface area contributed by atoms with Gasteiger partial charge in [0, 0.05) is 5.57 Å². The zero-order valence-electron chi connectivity index (χ0n) is 6.52. The number of ketones is 1. The summed E-state index contributed by atoms with van der Waals surface area (Å²) < 4.78 is 0. The lowest BCUT2D eigenvalue weighted by molar-refractivity contribution is -0.129. The van der Waals surface area contributed by atoms with E-state index < -0.39 is 5.97 Å². The molecule has 0 aromatic carbocycles. The number of carbonyl (C=O) groups excluding carboxylic acids is 1. The number of carboxylic acid groups (broad SMARTS) is 1. The third-order valence-electron chi connectivity index (χ3n) is 1.78. The second kappa shape index (κ2) is 2.52. The van der Waals surface area contributed by atoms with Crippen LogP contribution < -0.4 is 0 Å². The number of fused-ring (bicyclic) bond motifs is 1. The van der Waals surface area contributed by atoms with Gasteiger partial charge in [-0.3, -0.25) is 4.79 Å². The van der Waals surface area contributed by atoms with E-state index in [2.05, 4.69) is 4.99 Å². The highest BCUT2D eigenvalue weighted by Crippen LogP contribution is 2.23. The molecular formula is C9H5NO3. The highest BCUT2D eigenvalue weighted by atomic mass is 16.4. The highest BCUT2D eigenvalue weighted by Gasteiger charge is 2.23. The van der Waals surface area contributed by atoms with Gasteiger partial charge >= 0.3 is 5.97 Å². The summed E-state index contributed by atoms with van der Waals surface area (Å²) in [7, 11) is 0. The predicted molar refractivity (Wildman–Crippen MR) is 45.4 cm³/mol. The van der Waals surface area contributed by atoms with Crippen LogP contribution in [0.5, 0.6) is 0 Å². The molecule has 2 rings (SSSR count). The van der Waals surface area contributed by atoms with Gasteiger partial charge in [-0.1, -0.05) is 6.08 Å². The maximum absolute atomic E-state index is 11.2. The Kier molecular flexibility index (Phi) is 1.48. The van der Waals surface area contributed by atoms with Crippen LogP contribution in [-0.2, 0) is 9.59 Å². The molecule has 0 unspecified atom stereocenters. The Bertz CT molecular complexity index is 424. The number of carboxylic acids is 1. The van der Waals surface area contributed by atoms with Crippen molar-refractivity contribution in [3.63, 3.8) is 0 Å². The van der Waals surface area contributed by atoms with Crippen molar-refractivity contribution in [2.75, 3.05) is 0 Å². The number of hydrogen-bond acceptors (Lipinski definition) is 3. The van der Waals surface area contributed by atoms with Crippen molar-refractivity contribution in [1.82, 2.24) is 0 Å². The summed E-state index contributed by atoms with van der Waals surface area (Å²) in [4.78, 5) is 25.5. The zero-order valence-corrected chi connectivity index (χ0v) is 6.52. The molecule has 1 aliphatic heterocycles. The van der Waals surface area contributed by atoms with Gasteiger partial charge in [0.1, 0.15) is 5.71 Å². The minimum absolute atomic E-state index is 0.0849. The quantitative estimate of drug-likeness (QED) is 0.630. The lowest BCUT2D eigenvalue weighted by Gasteiger charge is -2.00. The number of hydrogen-bond donors (Lipinski definition) is 1. The smallest absolute Gasteiger partial charge is 0.354 e. The molecule has 0 atom stereocenters. The maximum Gasteiger partial charge on any atom is 0.354 e. The van der Waals surface area contributed by atoms with Gasteiger partial charge in [-0.15, -0.1) is 0 Å². The molecule has 0 amide bonds. The Morgan fingerprint density at radius 1 is 1.46 bits per heavy atom. The molecule has 0 spiro atoms. The van der Waals surface area contributed by atoms with Crippen molar-refractivity contribution >= 4 is 17.5 Å². The fourth-order valence-corrected chi connectivity index (χ4v) is 1.18. The fourth-order valence-electron chi connectivity index (χ4n) is 1.18. The van der Waals surface area contributed by atoms with Crippen LogP contribution in [0.2, 0.25) is 0 Å². The standard InChI is InChI=1S/C9H5NO3/c11-8-3-1-2-6-5(8)4-7(10-6)9(12)13/h1-4H,(H,12,13). The average molecular weight is 175 g/mol. The van der Waals surface area contributed by atoms with Crippen molar-refractivity contribution < 1.29 is 14.7 Å². The molecular weight excluding hydrogens is 170 g/mol. The minimum Gasteiger partial charge on any atom is -0.477 e. The Labute approximate surface area is 73.6 Å². The molecule has 0 bridgehead atoms. The van der Waals surface area contributed by atoms with Crippen LogP contribution in [-0.4, -0.2) is 22.6 Å². The van der Waals surface area contributed by atoms with Gasteiger partial charge < -0.3 is 5.11 Å². The molecule has 1 heterocycles. The molecule has 13 heavy (non-hydrogen) atoms. The van der Waals surface area contributed by atoms with E-state index in [1.54, 1.807) is 12.2 Å². The van der Waals surface area contributed by atoms with Crippen molar-refractivity contribution in [2.45, 2.75) is 0 Å². The molecule has 0 aromatic heterocycles. The summed E-state index contributed by atoms with van der Waals surface area (Å²) in [6.07, 6.45) is 5.85. The second-order valence-corrected chi connectivity index (χ2v) is 2.64. The van der Waals surface area contributed by atoms with Crippen LogP contribution in [0, 0.1) is 0 Å². The second-order valence-electron chi connectivity index (χ2n) is 2.64. The zero-order chi connectivity index (χ0) is 9.42. The molecule has 2 aliphatic rings. The number of carbonyl (C=O) groups is 2. The first-order valence-corrected chi connectivity index (χ1v) is 3.65. The summed E-state index contributed by atoms with van der Waals surface area (Å²) in [5.74, 6) is -1.31. The number of aliphatic carboxylic acids is 1. The fraction of sp³-hybridized carbons (Fsp3) is 0. The monoisotopic (exact) mass is 175 g/mol. The van der Waals surface area contributed by atoms with E-state index in [1.165, 1.54) is 12.2 Å². The predicted octanol–water partition coefficient (Wildman–Crippen LogP) is 0.475.